The predicted octanol–water partition coefficient (Wildman–Crippen LogP) is 4.89. The summed E-state index contributed by atoms with van der Waals surface area (Å²) in [6, 6.07) is 10.3. The molecule has 6 rings (SSSR count). The van der Waals surface area contributed by atoms with E-state index in [9.17, 15) is 5.11 Å². The van der Waals surface area contributed by atoms with Gasteiger partial charge in [0.15, 0.2) is 5.79 Å². The third-order valence-corrected chi connectivity index (χ3v) is 12.3. The summed E-state index contributed by atoms with van der Waals surface area (Å²) in [6.45, 7) is 7.30. The van der Waals surface area contributed by atoms with Crippen LogP contribution >= 0.6 is 0 Å². The summed E-state index contributed by atoms with van der Waals surface area (Å²) in [7, 11) is 6.59. The van der Waals surface area contributed by atoms with Crippen LogP contribution in [-0.4, -0.2) is 104 Å². The number of benzene rings is 1. The van der Waals surface area contributed by atoms with Crippen molar-refractivity contribution >= 4 is 0 Å². The van der Waals surface area contributed by atoms with Crippen LogP contribution in [-0.2, 0) is 44.4 Å². The molecule has 4 aliphatic carbocycles. The minimum Gasteiger partial charge on any atom is -0.389 e. The number of nitrogens with zero attached hydrogens (tertiary/aromatic N) is 3. The van der Waals surface area contributed by atoms with Crippen LogP contribution in [0.2, 0.25) is 0 Å². The Hall–Kier alpha value is -2.00. The van der Waals surface area contributed by atoms with Crippen LogP contribution in [0.1, 0.15) is 82.9 Å². The van der Waals surface area contributed by atoms with Crippen LogP contribution in [0.25, 0.3) is 0 Å². The van der Waals surface area contributed by atoms with Crippen molar-refractivity contribution in [2.75, 3.05) is 48.8 Å². The van der Waals surface area contributed by atoms with Gasteiger partial charge in [0.25, 0.3) is 0 Å². The van der Waals surface area contributed by atoms with E-state index >= 15 is 0 Å². The molecule has 10 atom stereocenters. The van der Waals surface area contributed by atoms with E-state index in [0.29, 0.717) is 32.2 Å². The highest BCUT2D eigenvalue weighted by Crippen LogP contribution is 2.70. The highest BCUT2D eigenvalue weighted by molar-refractivity contribution is 5.27. The summed E-state index contributed by atoms with van der Waals surface area (Å²) in [5.41, 5.74) is 0.176. The van der Waals surface area contributed by atoms with Crippen molar-refractivity contribution in [2.24, 2.45) is 23.2 Å². The summed E-state index contributed by atoms with van der Waals surface area (Å²) in [5.74, 6) is -1.09. The second-order valence-electron chi connectivity index (χ2n) is 15.3. The van der Waals surface area contributed by atoms with E-state index < -0.39 is 17.0 Å². The van der Waals surface area contributed by atoms with E-state index in [1.54, 1.807) is 28.4 Å². The second-order valence-corrected chi connectivity index (χ2v) is 15.3. The highest BCUT2D eigenvalue weighted by Gasteiger charge is 2.72. The molecule has 0 radical (unpaired) electrons. The van der Waals surface area contributed by atoms with E-state index in [1.807, 2.05) is 36.7 Å². The van der Waals surface area contributed by atoms with Crippen molar-refractivity contribution in [3.05, 3.63) is 47.8 Å². The largest absolute Gasteiger partial charge is 0.389 e. The fraction of sp³-hybridized carbons (Fsp3) is 0.784. The van der Waals surface area contributed by atoms with Gasteiger partial charge in [-0.2, -0.15) is 0 Å². The number of ether oxygens (including phenoxy) is 8. The minimum absolute atomic E-state index is 0.0473. The van der Waals surface area contributed by atoms with Gasteiger partial charge in [0.05, 0.1) is 41.8 Å². The van der Waals surface area contributed by atoms with Crippen LogP contribution in [0.5, 0.6) is 0 Å². The molecule has 274 valence electrons. The van der Waals surface area contributed by atoms with Crippen LogP contribution < -0.4 is 0 Å². The topological polar surface area (TPSA) is 125 Å². The SMILES string of the molecule is COCO[C@H]1C[C@@H](OC(C)(C)OC)C2C3C(CC[C@]2(O)C1)[C@@]1(OCOC)CC[C@H](c2cn(Cc4ccccc4)nn2)[C@@]1(C)C[C@H]3OCOC. The smallest absolute Gasteiger partial charge is 0.162 e. The molecule has 1 heterocycles. The molecule has 1 N–H and O–H groups in total. The fourth-order valence-corrected chi connectivity index (χ4v) is 10.3. The Morgan fingerprint density at radius 1 is 0.918 bits per heavy atom. The molecular formula is C37H57N3O9. The lowest BCUT2D eigenvalue weighted by Crippen LogP contribution is -2.70. The second kappa shape index (κ2) is 14.9. The van der Waals surface area contributed by atoms with E-state index in [0.717, 1.165) is 25.0 Å². The Labute approximate surface area is 291 Å². The van der Waals surface area contributed by atoms with Crippen molar-refractivity contribution in [1.29, 1.82) is 0 Å². The maximum atomic E-state index is 12.7. The standard InChI is InChI=1S/C37H57N3O9/c1-34(2,45-7)49-30-17-26(46-22-42-4)18-36(41)15-13-28-32(33(30)36)31(47-23-43-5)19-35(3)27(14-16-37(28,35)48-24-44-6)29-21-40(39-38-29)20-25-11-9-8-10-12-25/h8-12,21,26-28,30-33,41H,13-20,22-24H2,1-7H3/t26-,27+,28?,30+,31+,32?,33?,35+,36-,37-/m0/s1. The van der Waals surface area contributed by atoms with Gasteiger partial charge in [0.2, 0.25) is 0 Å². The first-order valence-corrected chi connectivity index (χ1v) is 17.8. The van der Waals surface area contributed by atoms with Crippen molar-refractivity contribution in [1.82, 2.24) is 15.0 Å². The average Bonchev–Trinajstić information content (AvgIpc) is 3.66. The maximum absolute atomic E-state index is 12.7. The van der Waals surface area contributed by atoms with Gasteiger partial charge in [-0.15, -0.1) is 5.10 Å². The van der Waals surface area contributed by atoms with Gasteiger partial charge >= 0.3 is 0 Å². The molecule has 0 bridgehead atoms. The molecule has 4 fully saturated rings. The molecule has 1 aromatic carbocycles. The summed E-state index contributed by atoms with van der Waals surface area (Å²) in [4.78, 5) is 0. The normalized spacial score (nSPS) is 37.4. The Kier molecular flexibility index (Phi) is 11.2. The van der Waals surface area contributed by atoms with Crippen LogP contribution in [0.3, 0.4) is 0 Å². The lowest BCUT2D eigenvalue weighted by molar-refractivity contribution is -0.324. The van der Waals surface area contributed by atoms with Crippen molar-refractivity contribution in [2.45, 2.75) is 113 Å². The van der Waals surface area contributed by atoms with Gasteiger partial charge in [0, 0.05) is 64.7 Å². The number of methoxy groups -OCH3 is 4. The Morgan fingerprint density at radius 3 is 2.37 bits per heavy atom. The number of rotatable bonds is 15. The highest BCUT2D eigenvalue weighted by atomic mass is 16.7. The molecular weight excluding hydrogens is 630 g/mol. The summed E-state index contributed by atoms with van der Waals surface area (Å²) >= 11 is 0. The summed E-state index contributed by atoms with van der Waals surface area (Å²) in [6.07, 6.45) is 6.12. The molecule has 4 aliphatic rings. The van der Waals surface area contributed by atoms with Crippen LogP contribution in [0, 0.1) is 23.2 Å². The molecule has 0 spiro atoms. The lowest BCUT2D eigenvalue weighted by Gasteiger charge is -2.65. The molecule has 0 saturated heterocycles. The lowest BCUT2D eigenvalue weighted by atomic mass is 9.45. The molecule has 3 unspecified atom stereocenters. The molecule has 1 aromatic heterocycles. The van der Waals surface area contributed by atoms with Gasteiger partial charge in [-0.1, -0.05) is 42.5 Å². The first-order valence-electron chi connectivity index (χ1n) is 17.8. The molecule has 12 nitrogen and oxygen atoms in total. The zero-order valence-corrected chi connectivity index (χ0v) is 30.3. The first-order chi connectivity index (χ1) is 23.5. The molecule has 49 heavy (non-hydrogen) atoms. The van der Waals surface area contributed by atoms with Gasteiger partial charge in [0.1, 0.15) is 20.4 Å². The molecule has 2 aromatic rings. The quantitative estimate of drug-likeness (QED) is 0.258. The van der Waals surface area contributed by atoms with Gasteiger partial charge in [-0.05, 0) is 63.4 Å². The van der Waals surface area contributed by atoms with Gasteiger partial charge < -0.3 is 43.0 Å². The Morgan fingerprint density at radius 2 is 1.65 bits per heavy atom. The van der Waals surface area contributed by atoms with Crippen LogP contribution in [0.4, 0.5) is 0 Å². The summed E-state index contributed by atoms with van der Waals surface area (Å²) in [5, 5.41) is 22.0. The number of aromatic nitrogens is 3. The monoisotopic (exact) mass is 687 g/mol. The minimum atomic E-state index is -1.05. The van der Waals surface area contributed by atoms with Crippen LogP contribution in [0.15, 0.2) is 36.5 Å². The van der Waals surface area contributed by atoms with Crippen molar-refractivity contribution in [3.63, 3.8) is 0 Å². The fourth-order valence-electron chi connectivity index (χ4n) is 10.3. The van der Waals surface area contributed by atoms with Crippen molar-refractivity contribution < 1.29 is 43.0 Å². The maximum Gasteiger partial charge on any atom is 0.162 e. The first kappa shape index (κ1) is 36.8. The Balaban J connectivity index is 1.39. The van der Waals surface area contributed by atoms with E-state index in [1.165, 1.54) is 5.56 Å². The number of aliphatic hydroxyl groups is 1. The van der Waals surface area contributed by atoms with Gasteiger partial charge in [-0.25, -0.2) is 4.68 Å². The third-order valence-electron chi connectivity index (χ3n) is 12.3. The number of hydrogen-bond acceptors (Lipinski definition) is 11. The third kappa shape index (κ3) is 6.97. The van der Waals surface area contributed by atoms with E-state index in [-0.39, 0.29) is 67.8 Å². The molecule has 4 saturated carbocycles. The number of fused-ring (bicyclic) bond motifs is 5. The molecule has 0 aliphatic heterocycles. The van der Waals surface area contributed by atoms with Gasteiger partial charge in [-0.3, -0.25) is 0 Å². The van der Waals surface area contributed by atoms with E-state index in [4.69, 9.17) is 43.0 Å². The zero-order chi connectivity index (χ0) is 34.9. The zero-order valence-electron chi connectivity index (χ0n) is 30.3. The Bertz CT molecular complexity index is 1360. The molecule has 12 heteroatoms. The molecule has 0 amide bonds. The average molecular weight is 688 g/mol. The summed E-state index contributed by atoms with van der Waals surface area (Å²) < 4.78 is 50.7. The predicted molar refractivity (Wildman–Crippen MR) is 179 cm³/mol. The van der Waals surface area contributed by atoms with E-state index in [2.05, 4.69) is 30.5 Å². The van der Waals surface area contributed by atoms with Crippen molar-refractivity contribution in [3.8, 4) is 0 Å². The number of hydrogen-bond donors (Lipinski definition) is 1.